The Hall–Kier alpha value is -1.03. The molecule has 1 nitrogen and oxygen atoms in total. The predicted octanol–water partition coefficient (Wildman–Crippen LogP) is 4.91. The molecule has 0 spiro atoms. The lowest BCUT2D eigenvalue weighted by Crippen LogP contribution is -2.11. The third kappa shape index (κ3) is 2.63. The topological polar surface area (TPSA) is 23.8 Å². The van der Waals surface area contributed by atoms with Gasteiger partial charge in [-0.3, -0.25) is 0 Å². The highest BCUT2D eigenvalue weighted by Crippen LogP contribution is 2.37. The van der Waals surface area contributed by atoms with Gasteiger partial charge >= 0.3 is 0 Å². The largest absolute Gasteiger partial charge is 0.192 e. The molecule has 1 fully saturated rings. The molecule has 0 bridgehead atoms. The van der Waals surface area contributed by atoms with Gasteiger partial charge in [-0.25, -0.2) is 0 Å². The highest BCUT2D eigenvalue weighted by atomic mass is 14.3. The van der Waals surface area contributed by atoms with E-state index in [0.717, 1.165) is 18.4 Å². The predicted molar refractivity (Wildman–Crippen MR) is 71.4 cm³/mol. The van der Waals surface area contributed by atoms with Gasteiger partial charge in [-0.2, -0.15) is 5.26 Å². The summed E-state index contributed by atoms with van der Waals surface area (Å²) in [6.45, 7) is 4.52. The molecular formula is C16H23N. The Morgan fingerprint density at radius 2 is 1.82 bits per heavy atom. The summed E-state index contributed by atoms with van der Waals surface area (Å²) in [5.74, 6) is 0.626. The van der Waals surface area contributed by atoms with Crippen molar-refractivity contribution in [2.24, 2.45) is 5.92 Å². The number of rotatable bonds is 1. The van der Waals surface area contributed by atoms with E-state index in [1.165, 1.54) is 55.2 Å². The van der Waals surface area contributed by atoms with Crippen molar-refractivity contribution in [2.75, 3.05) is 0 Å². The Bertz CT molecular complexity index is 392. The van der Waals surface area contributed by atoms with E-state index in [9.17, 15) is 5.26 Å². The van der Waals surface area contributed by atoms with Crippen molar-refractivity contribution in [1.82, 2.24) is 0 Å². The van der Waals surface area contributed by atoms with Crippen LogP contribution in [0.3, 0.4) is 0 Å². The average Bonchev–Trinajstić information content (AvgIpc) is 2.34. The first-order valence-electron chi connectivity index (χ1n) is 7.06. The second kappa shape index (κ2) is 5.54. The van der Waals surface area contributed by atoms with Crippen LogP contribution >= 0.6 is 0 Å². The molecule has 0 amide bonds. The first-order chi connectivity index (χ1) is 8.24. The lowest BCUT2D eigenvalue weighted by molar-refractivity contribution is 0.480. The summed E-state index contributed by atoms with van der Waals surface area (Å²) in [5.41, 5.74) is 5.38. The van der Waals surface area contributed by atoms with Gasteiger partial charge in [-0.15, -0.1) is 0 Å². The van der Waals surface area contributed by atoms with Crippen molar-refractivity contribution in [1.29, 1.82) is 5.26 Å². The van der Waals surface area contributed by atoms with Gasteiger partial charge in [0.2, 0.25) is 0 Å². The van der Waals surface area contributed by atoms with E-state index in [2.05, 4.69) is 19.9 Å². The fourth-order valence-corrected chi connectivity index (χ4v) is 3.29. The van der Waals surface area contributed by atoms with Crippen LogP contribution in [-0.4, -0.2) is 0 Å². The van der Waals surface area contributed by atoms with Crippen LogP contribution in [0.2, 0.25) is 0 Å². The standard InChI is InChI=1S/C16H23N/c1-12-7-3-5-9-14(12)16(11-17)15-10-6-4-8-13(15)2/h12H,3-10H2,1-2H3/b16-14+. The Balaban J connectivity index is 2.38. The van der Waals surface area contributed by atoms with Crippen molar-refractivity contribution >= 4 is 0 Å². The van der Waals surface area contributed by atoms with Crippen molar-refractivity contribution in [2.45, 2.75) is 65.2 Å². The molecule has 0 saturated heterocycles. The van der Waals surface area contributed by atoms with Gasteiger partial charge < -0.3 is 0 Å². The molecule has 0 heterocycles. The van der Waals surface area contributed by atoms with Crippen LogP contribution in [0.25, 0.3) is 0 Å². The van der Waals surface area contributed by atoms with Crippen LogP contribution < -0.4 is 0 Å². The maximum Gasteiger partial charge on any atom is 0.0994 e. The zero-order valence-corrected chi connectivity index (χ0v) is 11.2. The Morgan fingerprint density at radius 1 is 1.12 bits per heavy atom. The van der Waals surface area contributed by atoms with Crippen LogP contribution in [0.4, 0.5) is 0 Å². The van der Waals surface area contributed by atoms with Gasteiger partial charge in [0, 0.05) is 0 Å². The molecule has 2 aliphatic rings. The van der Waals surface area contributed by atoms with E-state index in [1.807, 2.05) is 0 Å². The third-order valence-electron chi connectivity index (χ3n) is 4.41. The smallest absolute Gasteiger partial charge is 0.0994 e. The van der Waals surface area contributed by atoms with Crippen molar-refractivity contribution in [3.8, 4) is 6.07 Å². The van der Waals surface area contributed by atoms with E-state index in [1.54, 1.807) is 0 Å². The van der Waals surface area contributed by atoms with E-state index in [0.29, 0.717) is 5.92 Å². The number of hydrogen-bond acceptors (Lipinski definition) is 1. The SMILES string of the molecule is CC1=C(/C(C#N)=C2\CCCCC2C)CCCC1. The van der Waals surface area contributed by atoms with Gasteiger partial charge in [-0.05, 0) is 68.9 Å². The molecule has 0 aromatic carbocycles. The Kier molecular flexibility index (Phi) is 4.05. The minimum Gasteiger partial charge on any atom is -0.192 e. The van der Waals surface area contributed by atoms with E-state index >= 15 is 0 Å². The van der Waals surface area contributed by atoms with Crippen LogP contribution in [0.15, 0.2) is 22.3 Å². The van der Waals surface area contributed by atoms with Gasteiger partial charge in [-0.1, -0.05) is 18.9 Å². The highest BCUT2D eigenvalue weighted by molar-refractivity contribution is 5.49. The molecule has 0 aromatic rings. The Labute approximate surface area is 105 Å². The van der Waals surface area contributed by atoms with Crippen molar-refractivity contribution < 1.29 is 0 Å². The Morgan fingerprint density at radius 3 is 2.47 bits per heavy atom. The average molecular weight is 229 g/mol. The molecule has 0 aliphatic heterocycles. The summed E-state index contributed by atoms with van der Waals surface area (Å²) in [6, 6.07) is 2.52. The second-order valence-electron chi connectivity index (χ2n) is 5.62. The van der Waals surface area contributed by atoms with E-state index in [-0.39, 0.29) is 0 Å². The molecule has 2 rings (SSSR count). The molecule has 2 aliphatic carbocycles. The molecule has 1 saturated carbocycles. The number of allylic oxidation sites excluding steroid dienone is 4. The summed E-state index contributed by atoms with van der Waals surface area (Å²) in [5, 5.41) is 9.52. The monoisotopic (exact) mass is 229 g/mol. The fourth-order valence-electron chi connectivity index (χ4n) is 3.29. The molecule has 0 N–H and O–H groups in total. The summed E-state index contributed by atoms with van der Waals surface area (Å²) in [4.78, 5) is 0. The van der Waals surface area contributed by atoms with Gasteiger partial charge in [0.1, 0.15) is 0 Å². The quantitative estimate of drug-likeness (QED) is 0.586. The summed E-state index contributed by atoms with van der Waals surface area (Å²) in [7, 11) is 0. The number of nitrogens with zero attached hydrogens (tertiary/aromatic N) is 1. The van der Waals surface area contributed by atoms with Gasteiger partial charge in [0.25, 0.3) is 0 Å². The fraction of sp³-hybridized carbons (Fsp3) is 0.688. The van der Waals surface area contributed by atoms with E-state index in [4.69, 9.17) is 0 Å². The lowest BCUT2D eigenvalue weighted by Gasteiger charge is -2.26. The second-order valence-corrected chi connectivity index (χ2v) is 5.62. The summed E-state index contributed by atoms with van der Waals surface area (Å²) in [6.07, 6.45) is 9.93. The first kappa shape index (κ1) is 12.4. The van der Waals surface area contributed by atoms with Crippen LogP contribution in [0, 0.1) is 17.2 Å². The van der Waals surface area contributed by atoms with Gasteiger partial charge in [0.15, 0.2) is 0 Å². The van der Waals surface area contributed by atoms with Crippen molar-refractivity contribution in [3.05, 3.63) is 22.3 Å². The molecule has 0 aromatic heterocycles. The molecule has 0 radical (unpaired) electrons. The molecule has 1 atom stereocenters. The van der Waals surface area contributed by atoms with Crippen LogP contribution in [-0.2, 0) is 0 Å². The molecule has 1 heteroatoms. The van der Waals surface area contributed by atoms with Crippen molar-refractivity contribution in [3.63, 3.8) is 0 Å². The van der Waals surface area contributed by atoms with Gasteiger partial charge in [0.05, 0.1) is 11.6 Å². The normalized spacial score (nSPS) is 28.9. The maximum atomic E-state index is 9.52. The summed E-state index contributed by atoms with van der Waals surface area (Å²) < 4.78 is 0. The molecule has 1 unspecified atom stereocenters. The molecular weight excluding hydrogens is 206 g/mol. The minimum absolute atomic E-state index is 0.626. The van der Waals surface area contributed by atoms with Crippen LogP contribution in [0.1, 0.15) is 65.2 Å². The molecule has 92 valence electrons. The zero-order valence-electron chi connectivity index (χ0n) is 11.2. The number of nitriles is 1. The lowest BCUT2D eigenvalue weighted by atomic mass is 9.78. The zero-order chi connectivity index (χ0) is 12.3. The van der Waals surface area contributed by atoms with Crippen LogP contribution in [0.5, 0.6) is 0 Å². The highest BCUT2D eigenvalue weighted by Gasteiger charge is 2.22. The first-order valence-corrected chi connectivity index (χ1v) is 7.06. The number of hydrogen-bond donors (Lipinski definition) is 0. The maximum absolute atomic E-state index is 9.52. The minimum atomic E-state index is 0.626. The van der Waals surface area contributed by atoms with E-state index < -0.39 is 0 Å². The molecule has 17 heavy (non-hydrogen) atoms. The summed E-state index contributed by atoms with van der Waals surface area (Å²) >= 11 is 0. The third-order valence-corrected chi connectivity index (χ3v) is 4.41.